The second-order valence-electron chi connectivity index (χ2n) is 8.57. The summed E-state index contributed by atoms with van der Waals surface area (Å²) in [6, 6.07) is 12.6. The van der Waals surface area contributed by atoms with Gasteiger partial charge in [-0.1, -0.05) is 38.0 Å². The van der Waals surface area contributed by atoms with Crippen molar-refractivity contribution in [2.24, 2.45) is 7.05 Å². The number of fused-ring (bicyclic) bond motifs is 1. The number of pyridine rings is 1. The Morgan fingerprint density at radius 3 is 2.36 bits per heavy atom. The monoisotopic (exact) mass is 546 g/mol. The van der Waals surface area contributed by atoms with Gasteiger partial charge in [-0.2, -0.15) is 5.10 Å². The fourth-order valence-electron chi connectivity index (χ4n) is 4.27. The molecule has 8 nitrogen and oxygen atoms in total. The molecule has 1 aromatic carbocycles. The number of aromatic nitrogens is 4. The SMILES string of the molecule is CC.CC#Cc1c(-c2cnn(C)c2)n(Sc2ccccc2)c2nccc(N3CCN(C)CC3)c12.CCOC=O. The lowest BCUT2D eigenvalue weighted by Crippen LogP contribution is -2.44. The summed E-state index contributed by atoms with van der Waals surface area (Å²) in [7, 11) is 4.13. The molecule has 206 valence electrons. The number of rotatable bonds is 6. The van der Waals surface area contributed by atoms with E-state index >= 15 is 0 Å². The molecule has 39 heavy (non-hydrogen) atoms. The number of hydrogen-bond acceptors (Lipinski definition) is 7. The van der Waals surface area contributed by atoms with Crippen LogP contribution in [0.2, 0.25) is 0 Å². The van der Waals surface area contributed by atoms with Gasteiger partial charge in [0.05, 0.1) is 35.1 Å². The van der Waals surface area contributed by atoms with Crippen molar-refractivity contribution in [1.29, 1.82) is 0 Å². The number of carbonyl (C=O) groups excluding carboxylic acids is 1. The van der Waals surface area contributed by atoms with E-state index < -0.39 is 0 Å². The first-order valence-corrected chi connectivity index (χ1v) is 14.0. The molecule has 1 aliphatic rings. The summed E-state index contributed by atoms with van der Waals surface area (Å²) in [4.78, 5) is 20.0. The molecule has 1 saturated heterocycles. The summed E-state index contributed by atoms with van der Waals surface area (Å²) in [5.74, 6) is 6.58. The summed E-state index contributed by atoms with van der Waals surface area (Å²) in [5, 5.41) is 5.56. The van der Waals surface area contributed by atoms with E-state index in [1.165, 1.54) is 5.69 Å². The van der Waals surface area contributed by atoms with Crippen LogP contribution in [-0.2, 0) is 16.6 Å². The summed E-state index contributed by atoms with van der Waals surface area (Å²) in [6.07, 6.45) is 5.88. The van der Waals surface area contributed by atoms with Crippen molar-refractivity contribution in [2.75, 3.05) is 44.7 Å². The van der Waals surface area contributed by atoms with Crippen LogP contribution in [0.15, 0.2) is 59.9 Å². The number of aryl methyl sites for hydroxylation is 1. The van der Waals surface area contributed by atoms with E-state index in [0.29, 0.717) is 13.1 Å². The lowest BCUT2D eigenvalue weighted by Gasteiger charge is -2.34. The van der Waals surface area contributed by atoms with Crippen LogP contribution in [0.4, 0.5) is 5.69 Å². The highest BCUT2D eigenvalue weighted by Crippen LogP contribution is 2.41. The zero-order chi connectivity index (χ0) is 28.2. The van der Waals surface area contributed by atoms with Gasteiger partial charge in [-0.05, 0) is 51.0 Å². The Kier molecular flexibility index (Phi) is 11.5. The van der Waals surface area contributed by atoms with E-state index in [9.17, 15) is 4.79 Å². The van der Waals surface area contributed by atoms with Crippen molar-refractivity contribution in [3.8, 4) is 23.1 Å². The lowest BCUT2D eigenvalue weighted by molar-refractivity contribution is -0.128. The summed E-state index contributed by atoms with van der Waals surface area (Å²) in [6.45, 7) is 12.6. The molecule has 0 aliphatic carbocycles. The van der Waals surface area contributed by atoms with Gasteiger partial charge >= 0.3 is 0 Å². The maximum Gasteiger partial charge on any atom is 0.293 e. The van der Waals surface area contributed by atoms with E-state index in [0.717, 1.165) is 58.9 Å². The van der Waals surface area contributed by atoms with Crippen molar-refractivity contribution in [3.05, 3.63) is 60.6 Å². The number of likely N-dealkylation sites (N-methyl/N-ethyl adjacent to an activating group) is 1. The van der Waals surface area contributed by atoms with E-state index in [4.69, 9.17) is 4.98 Å². The van der Waals surface area contributed by atoms with Gasteiger partial charge < -0.3 is 14.5 Å². The van der Waals surface area contributed by atoms with E-state index in [1.54, 1.807) is 18.9 Å². The summed E-state index contributed by atoms with van der Waals surface area (Å²) in [5.41, 5.74) is 5.24. The minimum Gasteiger partial charge on any atom is -0.468 e. The fourth-order valence-corrected chi connectivity index (χ4v) is 5.27. The number of hydrogen-bond donors (Lipinski definition) is 0. The van der Waals surface area contributed by atoms with Crippen LogP contribution in [0.1, 0.15) is 33.3 Å². The minimum absolute atomic E-state index is 0.431. The zero-order valence-corrected chi connectivity index (χ0v) is 24.5. The first kappa shape index (κ1) is 29.8. The van der Waals surface area contributed by atoms with Gasteiger partial charge in [0.25, 0.3) is 6.47 Å². The van der Waals surface area contributed by atoms with Gasteiger partial charge in [-0.3, -0.25) is 13.4 Å². The maximum absolute atomic E-state index is 9.18. The average molecular weight is 547 g/mol. The third-order valence-electron chi connectivity index (χ3n) is 6.04. The molecule has 4 heterocycles. The predicted molar refractivity (Wildman–Crippen MR) is 161 cm³/mol. The number of carbonyl (C=O) groups is 1. The topological polar surface area (TPSA) is 68.4 Å². The minimum atomic E-state index is 0.431. The first-order chi connectivity index (χ1) is 19.1. The zero-order valence-electron chi connectivity index (χ0n) is 23.7. The number of nitrogens with zero attached hydrogens (tertiary/aromatic N) is 6. The molecule has 0 N–H and O–H groups in total. The molecule has 5 rings (SSSR count). The molecule has 0 atom stereocenters. The van der Waals surface area contributed by atoms with Crippen molar-refractivity contribution < 1.29 is 9.53 Å². The van der Waals surface area contributed by atoms with Crippen molar-refractivity contribution in [1.82, 2.24) is 23.6 Å². The van der Waals surface area contributed by atoms with E-state index in [1.807, 2.05) is 57.2 Å². The standard InChI is InChI=1S/C25H26N6S.C3H6O2.C2H6/c1-4-8-21-23-22(30-15-13-28(2)14-16-30)11-12-26-25(23)31(32-20-9-6-5-7-10-20)24(21)19-17-27-29(3)18-19;1-2-5-3-4;1-2/h5-7,9-12,17-18H,13-16H2,1-3H3;3H,2H2,1H3;1-2H3. The molecule has 0 bridgehead atoms. The predicted octanol–water partition coefficient (Wildman–Crippen LogP) is 5.32. The molecule has 1 fully saturated rings. The van der Waals surface area contributed by atoms with Crippen LogP contribution in [0.3, 0.4) is 0 Å². The van der Waals surface area contributed by atoms with Gasteiger partial charge in [-0.25, -0.2) is 4.98 Å². The maximum atomic E-state index is 9.18. The third kappa shape index (κ3) is 7.22. The highest BCUT2D eigenvalue weighted by Gasteiger charge is 2.26. The van der Waals surface area contributed by atoms with Gasteiger partial charge in [0.15, 0.2) is 5.65 Å². The second kappa shape index (κ2) is 15.0. The van der Waals surface area contributed by atoms with Gasteiger partial charge in [0, 0.05) is 56.1 Å². The smallest absolute Gasteiger partial charge is 0.293 e. The lowest BCUT2D eigenvalue weighted by atomic mass is 10.1. The van der Waals surface area contributed by atoms with Crippen LogP contribution < -0.4 is 4.90 Å². The highest BCUT2D eigenvalue weighted by atomic mass is 32.2. The molecule has 0 spiro atoms. The Bertz CT molecular complexity index is 1400. The Balaban J connectivity index is 0.000000542. The van der Waals surface area contributed by atoms with Crippen LogP contribution in [0.25, 0.3) is 22.3 Å². The van der Waals surface area contributed by atoms with Crippen LogP contribution >= 0.6 is 11.9 Å². The van der Waals surface area contributed by atoms with Crippen molar-refractivity contribution in [2.45, 2.75) is 32.6 Å². The molecule has 0 unspecified atom stereocenters. The molecule has 9 heteroatoms. The Morgan fingerprint density at radius 2 is 1.79 bits per heavy atom. The Labute approximate surface area is 236 Å². The van der Waals surface area contributed by atoms with Gasteiger partial charge in [0.1, 0.15) is 0 Å². The van der Waals surface area contributed by atoms with Crippen LogP contribution in [0, 0.1) is 11.8 Å². The largest absolute Gasteiger partial charge is 0.468 e. The molecule has 4 aromatic rings. The number of piperazine rings is 1. The van der Waals surface area contributed by atoms with Gasteiger partial charge in [-0.15, -0.1) is 5.92 Å². The number of ether oxygens (including phenoxy) is 1. The second-order valence-corrected chi connectivity index (χ2v) is 9.59. The molecule has 0 amide bonds. The molecule has 1 aliphatic heterocycles. The number of benzene rings is 1. The molecule has 0 radical (unpaired) electrons. The van der Waals surface area contributed by atoms with Crippen LogP contribution in [0.5, 0.6) is 0 Å². The third-order valence-corrected chi connectivity index (χ3v) is 7.06. The summed E-state index contributed by atoms with van der Waals surface area (Å²) >= 11 is 1.67. The molecule has 3 aromatic heterocycles. The Hall–Kier alpha value is -3.74. The fraction of sp³-hybridized carbons (Fsp3) is 0.367. The van der Waals surface area contributed by atoms with Gasteiger partial charge in [0.2, 0.25) is 0 Å². The molecular formula is C30H38N6O2S. The first-order valence-electron chi connectivity index (χ1n) is 13.2. The van der Waals surface area contributed by atoms with Crippen molar-refractivity contribution >= 4 is 35.1 Å². The highest BCUT2D eigenvalue weighted by molar-refractivity contribution is 7.98. The normalized spacial score (nSPS) is 12.9. The molecular weight excluding hydrogens is 508 g/mol. The van der Waals surface area contributed by atoms with E-state index in [-0.39, 0.29) is 0 Å². The average Bonchev–Trinajstić information content (AvgIpc) is 3.53. The van der Waals surface area contributed by atoms with Crippen molar-refractivity contribution in [3.63, 3.8) is 0 Å². The molecule has 0 saturated carbocycles. The quantitative estimate of drug-likeness (QED) is 0.239. The summed E-state index contributed by atoms with van der Waals surface area (Å²) < 4.78 is 8.21. The van der Waals surface area contributed by atoms with Crippen LogP contribution in [-0.4, -0.2) is 69.9 Å². The Morgan fingerprint density at radius 1 is 1.08 bits per heavy atom. The number of anilines is 1. The van der Waals surface area contributed by atoms with E-state index in [2.05, 4.69) is 72.8 Å².